The summed E-state index contributed by atoms with van der Waals surface area (Å²) in [5, 5.41) is 12.8. The maximum absolute atomic E-state index is 15.5. The fraction of sp³-hybridized carbons (Fsp3) is 0.188. The molecular formula is C32H30F3O3P. The Labute approximate surface area is 226 Å². The van der Waals surface area contributed by atoms with E-state index in [-0.39, 0.29) is 0 Å². The van der Waals surface area contributed by atoms with E-state index in [2.05, 4.69) is 0 Å². The molecule has 0 radical (unpaired) electrons. The highest BCUT2D eigenvalue weighted by atomic mass is 31.2. The lowest BCUT2D eigenvalue weighted by Gasteiger charge is -2.41. The van der Waals surface area contributed by atoms with Crippen molar-refractivity contribution in [3.8, 4) is 0 Å². The molecule has 0 bridgehead atoms. The van der Waals surface area contributed by atoms with Gasteiger partial charge in [0.15, 0.2) is 0 Å². The van der Waals surface area contributed by atoms with Crippen molar-refractivity contribution in [2.45, 2.75) is 38.1 Å². The maximum atomic E-state index is 15.5. The Morgan fingerprint density at radius 3 is 1.28 bits per heavy atom. The van der Waals surface area contributed by atoms with Gasteiger partial charge in [-0.15, -0.1) is 0 Å². The Bertz CT molecular complexity index is 1360. The zero-order valence-corrected chi connectivity index (χ0v) is 22.8. The summed E-state index contributed by atoms with van der Waals surface area (Å²) in [7, 11) is 0. The van der Waals surface area contributed by atoms with Crippen molar-refractivity contribution in [3.63, 3.8) is 0 Å². The van der Waals surface area contributed by atoms with Crippen molar-refractivity contribution in [3.05, 3.63) is 127 Å². The van der Waals surface area contributed by atoms with E-state index in [1.165, 1.54) is 24.3 Å². The minimum Gasteiger partial charge on any atom is -0.456 e. The number of ether oxygens (including phenoxy) is 1. The van der Waals surface area contributed by atoms with Crippen LogP contribution in [0.2, 0.25) is 0 Å². The van der Waals surface area contributed by atoms with Gasteiger partial charge in [0.05, 0.1) is 5.29 Å². The first kappa shape index (κ1) is 28.4. The molecule has 4 rings (SSSR count). The van der Waals surface area contributed by atoms with Crippen LogP contribution in [0.1, 0.15) is 26.3 Å². The second-order valence-corrected chi connectivity index (χ2v) is 13.4. The number of hydrogen-bond donors (Lipinski definition) is 1. The number of carbonyl (C=O) groups excluding carboxylic acids is 1. The first-order valence-corrected chi connectivity index (χ1v) is 14.2. The minimum atomic E-state index is -5.27. The molecule has 7 heteroatoms. The quantitative estimate of drug-likeness (QED) is 0.239. The fourth-order valence-corrected chi connectivity index (χ4v) is 9.34. The van der Waals surface area contributed by atoms with E-state index in [4.69, 9.17) is 4.74 Å². The zero-order valence-electron chi connectivity index (χ0n) is 21.9. The van der Waals surface area contributed by atoms with Gasteiger partial charge in [0.1, 0.15) is 5.60 Å². The molecule has 0 aliphatic carbocycles. The number of esters is 1. The lowest BCUT2D eigenvalue weighted by molar-refractivity contribution is -0.236. The highest BCUT2D eigenvalue weighted by molar-refractivity contribution is 7.96. The second-order valence-electron chi connectivity index (χ2n) is 10.1. The Morgan fingerprint density at radius 1 is 0.641 bits per heavy atom. The first-order valence-electron chi connectivity index (χ1n) is 12.4. The van der Waals surface area contributed by atoms with Crippen molar-refractivity contribution in [2.24, 2.45) is 0 Å². The molecule has 3 nitrogen and oxygen atoms in total. The molecule has 0 heterocycles. The van der Waals surface area contributed by atoms with Crippen molar-refractivity contribution >= 4 is 34.1 Å². The van der Waals surface area contributed by atoms with Crippen LogP contribution in [-0.2, 0) is 15.1 Å². The van der Waals surface area contributed by atoms with Gasteiger partial charge in [-0.25, -0.2) is 4.79 Å². The molecule has 0 saturated heterocycles. The molecule has 1 N–H and O–H groups in total. The summed E-state index contributed by atoms with van der Waals surface area (Å²) < 4.78 is 52.1. The highest BCUT2D eigenvalue weighted by Crippen LogP contribution is 2.54. The van der Waals surface area contributed by atoms with Gasteiger partial charge >= 0.3 is 12.1 Å². The Hall–Kier alpha value is -3.60. The van der Waals surface area contributed by atoms with Crippen LogP contribution < -0.4 is 15.9 Å². The monoisotopic (exact) mass is 550 g/mol. The van der Waals surface area contributed by atoms with E-state index >= 15 is 13.2 Å². The van der Waals surface area contributed by atoms with Crippen LogP contribution in [0.5, 0.6) is 0 Å². The van der Waals surface area contributed by atoms with Crippen LogP contribution in [0.15, 0.2) is 121 Å². The van der Waals surface area contributed by atoms with E-state index in [1.54, 1.807) is 118 Å². The van der Waals surface area contributed by atoms with Gasteiger partial charge in [0.2, 0.25) is 5.60 Å². The van der Waals surface area contributed by atoms with E-state index < -0.39 is 41.1 Å². The third kappa shape index (κ3) is 5.32. The second kappa shape index (κ2) is 10.9. The molecule has 1 unspecified atom stereocenters. The molecule has 0 aliphatic rings. The van der Waals surface area contributed by atoms with E-state index in [9.17, 15) is 9.90 Å². The summed E-state index contributed by atoms with van der Waals surface area (Å²) in [4.78, 5) is 14.3. The van der Waals surface area contributed by atoms with Gasteiger partial charge in [-0.1, -0.05) is 121 Å². The molecular weight excluding hydrogens is 520 g/mol. The van der Waals surface area contributed by atoms with Gasteiger partial charge in [-0.2, -0.15) is 13.2 Å². The van der Waals surface area contributed by atoms with Crippen molar-refractivity contribution < 1.29 is 27.8 Å². The standard InChI is InChI=1S/C32H30F3O3P/c1-30(2,3)38-29(36)28(31(37,32(33,34)35)24-16-8-4-9-17-24)39(25-18-10-5-11-19-25,26-20-12-6-13-21-26)27-22-14-7-15-23-27/h4-23,37H,1-3H3. The third-order valence-corrected chi connectivity index (χ3v) is 10.7. The summed E-state index contributed by atoms with van der Waals surface area (Å²) in [6.45, 7) is 1.05. The van der Waals surface area contributed by atoms with Crippen LogP contribution in [0.3, 0.4) is 0 Å². The third-order valence-electron chi connectivity index (χ3n) is 6.30. The average molecular weight is 551 g/mol. The molecule has 1 atom stereocenters. The number of carbonyl (C=O) groups is 1. The van der Waals surface area contributed by atoms with Crippen LogP contribution in [0.4, 0.5) is 13.2 Å². The number of hydrogen-bond acceptors (Lipinski definition) is 3. The average Bonchev–Trinajstić information content (AvgIpc) is 2.91. The Balaban J connectivity index is 2.40. The Kier molecular flexibility index (Phi) is 7.92. The van der Waals surface area contributed by atoms with Gasteiger partial charge in [-0.05, 0) is 49.1 Å². The van der Waals surface area contributed by atoms with Crippen LogP contribution >= 0.6 is 6.89 Å². The summed E-state index contributed by atoms with van der Waals surface area (Å²) in [6.07, 6.45) is -5.27. The van der Waals surface area contributed by atoms with Crippen molar-refractivity contribution in [1.29, 1.82) is 0 Å². The van der Waals surface area contributed by atoms with Gasteiger partial charge in [0.25, 0.3) is 0 Å². The van der Waals surface area contributed by atoms with Crippen LogP contribution in [0.25, 0.3) is 0 Å². The normalized spacial score (nSPS) is 13.8. The van der Waals surface area contributed by atoms with E-state index in [1.807, 2.05) is 0 Å². The molecule has 0 saturated carbocycles. The number of benzene rings is 4. The number of alkyl halides is 3. The SMILES string of the molecule is CC(C)(C)OC(=O)C(C(O)(c1ccccc1)C(F)(F)F)=P(c1ccccc1)(c1ccccc1)c1ccccc1. The maximum Gasteiger partial charge on any atom is 0.426 e. The van der Waals surface area contributed by atoms with Gasteiger partial charge in [0, 0.05) is 0 Å². The summed E-state index contributed by atoms with van der Waals surface area (Å²) in [5.74, 6) is -1.21. The first-order chi connectivity index (χ1) is 18.4. The molecule has 0 spiro atoms. The molecule has 0 amide bonds. The molecule has 0 aliphatic heterocycles. The van der Waals surface area contributed by atoms with Crippen molar-refractivity contribution in [2.75, 3.05) is 0 Å². The molecule has 0 fully saturated rings. The van der Waals surface area contributed by atoms with Crippen molar-refractivity contribution in [1.82, 2.24) is 0 Å². The fourth-order valence-electron chi connectivity index (χ4n) is 4.76. The number of rotatable bonds is 6. The van der Waals surface area contributed by atoms with Crippen LogP contribution in [-0.4, -0.2) is 28.1 Å². The number of halogens is 3. The highest BCUT2D eigenvalue weighted by Gasteiger charge is 2.63. The predicted octanol–water partition coefficient (Wildman–Crippen LogP) is 5.94. The lowest BCUT2D eigenvalue weighted by atomic mass is 9.89. The van der Waals surface area contributed by atoms with Gasteiger partial charge in [-0.3, -0.25) is 0 Å². The summed E-state index contributed by atoms with van der Waals surface area (Å²) in [6, 6.07) is 32.6. The largest absolute Gasteiger partial charge is 0.456 e. The summed E-state index contributed by atoms with van der Waals surface area (Å²) >= 11 is 0. The lowest BCUT2D eigenvalue weighted by Crippen LogP contribution is -2.56. The minimum absolute atomic E-state index is 0.467. The molecule has 4 aromatic carbocycles. The zero-order chi connectivity index (χ0) is 28.3. The van der Waals surface area contributed by atoms with Gasteiger partial charge < -0.3 is 9.84 Å². The van der Waals surface area contributed by atoms with E-state index in [0.29, 0.717) is 15.9 Å². The van der Waals surface area contributed by atoms with E-state index in [0.717, 1.165) is 0 Å². The molecule has 0 aromatic heterocycles. The Morgan fingerprint density at radius 2 is 0.974 bits per heavy atom. The molecule has 202 valence electrons. The number of aliphatic hydroxyl groups is 1. The van der Waals surface area contributed by atoms with Crippen LogP contribution in [0, 0.1) is 0 Å². The summed E-state index contributed by atoms with van der Waals surface area (Å²) in [5.41, 5.74) is -5.28. The predicted molar refractivity (Wildman–Crippen MR) is 152 cm³/mol. The molecule has 39 heavy (non-hydrogen) atoms. The smallest absolute Gasteiger partial charge is 0.426 e. The molecule has 4 aromatic rings. The topological polar surface area (TPSA) is 46.5 Å².